The Hall–Kier alpha value is -11.3. The van der Waals surface area contributed by atoms with E-state index in [2.05, 4.69) is 182 Å². The maximum absolute atomic E-state index is 4.96. The van der Waals surface area contributed by atoms with E-state index in [1.807, 2.05) is 178 Å². The van der Waals surface area contributed by atoms with E-state index in [9.17, 15) is 0 Å². The normalized spacial score (nSPS) is 10.2. The summed E-state index contributed by atoms with van der Waals surface area (Å²) in [6.07, 6.45) is 21.1. The van der Waals surface area contributed by atoms with Gasteiger partial charge in [-0.3, -0.25) is 38.8 Å². The van der Waals surface area contributed by atoms with Crippen molar-refractivity contribution in [2.24, 2.45) is 0 Å². The molecular formula is C86H79Ir6N31S. The number of thiophene rings is 1. The molecule has 26 rings (SSSR count). The minimum Gasteiger partial charge on any atom is -0.358 e. The van der Waals surface area contributed by atoms with E-state index in [1.54, 1.807) is 49.2 Å². The van der Waals surface area contributed by atoms with Crippen molar-refractivity contribution in [2.75, 3.05) is 0 Å². The van der Waals surface area contributed by atoms with Crippen LogP contribution in [0, 0.1) is 126 Å². The smallest absolute Gasteiger partial charge is 0.358 e. The first-order valence-corrected chi connectivity index (χ1v) is 33.8. The average molecular weight is 2730 g/mol. The van der Waals surface area contributed by atoms with Gasteiger partial charge in [-0.15, -0.1) is 167 Å². The van der Waals surface area contributed by atoms with E-state index >= 15 is 0 Å². The zero-order chi connectivity index (χ0) is 70.1. The summed E-state index contributed by atoms with van der Waals surface area (Å²) in [5.74, 6) is 3.25. The second-order valence-corrected chi connectivity index (χ2v) is 25.5. The minimum absolute atomic E-state index is 0. The average Bonchev–Trinajstić information content (AvgIpc) is 1.60. The minimum atomic E-state index is 0. The second kappa shape index (κ2) is 43.8. The predicted octanol–water partition coefficient (Wildman–Crippen LogP) is 16.3. The molecule has 7 aromatic carbocycles. The number of rotatable bonds is 1. The molecule has 0 spiro atoms. The molecule has 0 bridgehead atoms. The van der Waals surface area contributed by atoms with E-state index in [0.29, 0.717) is 28.9 Å². The van der Waals surface area contributed by atoms with Crippen LogP contribution in [0.3, 0.4) is 0 Å². The summed E-state index contributed by atoms with van der Waals surface area (Å²) in [6.45, 7) is 4.44. The van der Waals surface area contributed by atoms with Gasteiger partial charge in [0.15, 0.2) is 0 Å². The molecule has 31 nitrogen and oxygen atoms in total. The molecule has 0 aliphatic rings. The maximum atomic E-state index is 4.96. The Bertz CT molecular complexity index is 6780. The zero-order valence-electron chi connectivity index (χ0n) is 69.1. The van der Waals surface area contributed by atoms with Crippen molar-refractivity contribution in [2.45, 2.75) is 19.8 Å². The van der Waals surface area contributed by atoms with Crippen molar-refractivity contribution < 1.29 is 121 Å². The number of hydrogen-bond acceptors (Lipinski definition) is 20. The monoisotopic (exact) mass is 2740 g/mol. The number of nitrogens with zero attached hydrogens (tertiary/aromatic N) is 31. The van der Waals surface area contributed by atoms with Gasteiger partial charge < -0.3 is 116 Å². The van der Waals surface area contributed by atoms with Crippen LogP contribution in [0.1, 0.15) is 24.6 Å². The van der Waals surface area contributed by atoms with E-state index in [1.165, 1.54) is 17.5 Å². The molecule has 0 radical (unpaired) electrons. The number of tetrazole rings is 2. The molecule has 0 saturated heterocycles. The van der Waals surface area contributed by atoms with Gasteiger partial charge in [0.1, 0.15) is 35.1 Å². The summed E-state index contributed by atoms with van der Waals surface area (Å²) in [5, 5.41) is 49.3. The molecule has 19 heterocycles. The molecule has 0 aliphatic heterocycles. The number of hydrogen-bond donors (Lipinski definition) is 0. The van der Waals surface area contributed by atoms with E-state index in [4.69, 9.17) is 9.97 Å². The molecule has 0 saturated carbocycles. The summed E-state index contributed by atoms with van der Waals surface area (Å²) in [4.78, 5) is 38.0. The van der Waals surface area contributed by atoms with Crippen molar-refractivity contribution in [1.29, 1.82) is 0 Å². The molecule has 0 fully saturated rings. The van der Waals surface area contributed by atoms with Crippen molar-refractivity contribution in [3.05, 3.63) is 351 Å². The first-order chi connectivity index (χ1) is 52.5. The van der Waals surface area contributed by atoms with Crippen LogP contribution in [0.2, 0.25) is 0 Å². The molecular weight excluding hydrogens is 2650 g/mol. The second-order valence-electron chi connectivity index (χ2n) is 24.4. The number of imidazole rings is 6. The van der Waals surface area contributed by atoms with Gasteiger partial charge in [0.2, 0.25) is 17.3 Å². The van der Waals surface area contributed by atoms with E-state index in [0.717, 1.165) is 132 Å². The summed E-state index contributed by atoms with van der Waals surface area (Å²) in [5.41, 5.74) is 16.1. The van der Waals surface area contributed by atoms with Crippen LogP contribution in [0.4, 0.5) is 0 Å². The molecule has 19 aromatic heterocycles. The number of benzene rings is 7. The number of fused-ring (bicyclic) bond motifs is 40. The van der Waals surface area contributed by atoms with Gasteiger partial charge in [0.25, 0.3) is 5.78 Å². The standard InChI is InChI=1S/C21H15N4S.2C12H7N4.2C10H5N6.C9H4N7.12CH3.6Ir/c1-12(2)18-11-15-20(26-18)25-19(22-15)13-7-3-5-9-16(13)24-17-10-6-4-8-14(17)23-21(24)25;1-2-4-10-9(3-1)12-14-5-6-15(12)11-7-13-8-16(10)11;1-2-4-10-9(3-1)12-13-7-8-15(12)11-5-6-14-16(10)11;1-2-4-8-7(3-1)9-11-5-13-16(9)10-14-12-6-15(8)10;1-2-4-8-7(3-1)9-11-5-6-15(9)10-12-13-14-16(8)10;1-2-4-7-6(3-1)8-10-5-11-16(8)9-12-13-14-15(7)9;;;;;;;;;;;;;;;;;;/h3-6,8-12H,1-2H3;2*1-2,4-8H;2*1-2,4-6H;1-2,4-5H;12*1H3;;;;;;/q18*-1;6*+3. The van der Waals surface area contributed by atoms with Gasteiger partial charge in [-0.25, -0.2) is 28.0 Å². The molecule has 38 heteroatoms. The fraction of sp³-hybridized carbons (Fsp3) is 0.0349. The zero-order valence-corrected chi connectivity index (χ0v) is 84.3. The molecule has 638 valence electrons. The quantitative estimate of drug-likeness (QED) is 0.138. The summed E-state index contributed by atoms with van der Waals surface area (Å²) >= 11 is 1.81. The molecule has 0 amide bonds. The van der Waals surface area contributed by atoms with E-state index < -0.39 is 0 Å². The molecule has 0 aliphatic carbocycles. The first-order valence-electron chi connectivity index (χ1n) is 33.0. The molecule has 0 atom stereocenters. The third-order valence-electron chi connectivity index (χ3n) is 18.2. The molecule has 0 N–H and O–H groups in total. The van der Waals surface area contributed by atoms with Crippen LogP contribution >= 0.6 is 11.3 Å². The van der Waals surface area contributed by atoms with Crippen LogP contribution < -0.4 is 0 Å². The first kappa shape index (κ1) is 107. The fourth-order valence-electron chi connectivity index (χ4n) is 13.6. The van der Waals surface area contributed by atoms with Crippen molar-refractivity contribution in [1.82, 2.24) is 150 Å². The van der Waals surface area contributed by atoms with Gasteiger partial charge in [-0.2, -0.15) is 15.3 Å². The van der Waals surface area contributed by atoms with Gasteiger partial charge in [0.05, 0.1) is 69.2 Å². The van der Waals surface area contributed by atoms with Gasteiger partial charge in [-0.1, -0.05) is 68.5 Å². The van der Waals surface area contributed by atoms with Crippen LogP contribution in [0.25, 0.3) is 155 Å². The third-order valence-corrected chi connectivity index (χ3v) is 19.7. The number of para-hydroxylation sites is 2. The molecule has 124 heavy (non-hydrogen) atoms. The largest absolute Gasteiger partial charge is 3.00 e. The van der Waals surface area contributed by atoms with Crippen molar-refractivity contribution >= 4 is 166 Å². The Morgan fingerprint density at radius 2 is 0.782 bits per heavy atom. The Morgan fingerprint density at radius 1 is 0.339 bits per heavy atom. The van der Waals surface area contributed by atoms with Crippen LogP contribution in [0.5, 0.6) is 0 Å². The van der Waals surface area contributed by atoms with Crippen LogP contribution in [-0.2, 0) is 121 Å². The Balaban J connectivity index is 0.000000377. The topological polar surface area (TPSA) is 298 Å². The Morgan fingerprint density at radius 3 is 1.35 bits per heavy atom. The van der Waals surface area contributed by atoms with E-state index in [-0.39, 0.29) is 210 Å². The summed E-state index contributed by atoms with van der Waals surface area (Å²) in [6, 6.07) is 66.8. The summed E-state index contributed by atoms with van der Waals surface area (Å²) in [7, 11) is 0. The summed E-state index contributed by atoms with van der Waals surface area (Å²) < 4.78 is 22.7. The van der Waals surface area contributed by atoms with Gasteiger partial charge >= 0.3 is 121 Å². The molecule has 26 aromatic rings. The Labute approximate surface area is 800 Å². The van der Waals surface area contributed by atoms with Crippen molar-refractivity contribution in [3.63, 3.8) is 0 Å². The molecule has 0 unspecified atom stereocenters. The van der Waals surface area contributed by atoms with Crippen molar-refractivity contribution in [3.8, 4) is 0 Å². The van der Waals surface area contributed by atoms with Gasteiger partial charge in [-0.05, 0) is 84.1 Å². The predicted molar refractivity (Wildman–Crippen MR) is 470 cm³/mol. The Kier molecular flexibility index (Phi) is 37.8. The van der Waals surface area contributed by atoms with Gasteiger partial charge in [0, 0.05) is 42.1 Å². The fourth-order valence-corrected chi connectivity index (χ4v) is 14.7. The maximum Gasteiger partial charge on any atom is 3.00 e. The SMILES string of the molecule is CC(C)c1cc2nc3c4[c-]cccc4n4c5ccccc5nc4n3c2s1.[CH3-].[CH3-].[CH3-].[CH3-].[CH3-].[CH3-].[CH3-].[CH3-].[CH3-].[CH3-].[CH3-].[CH3-].[Ir+3].[Ir+3].[Ir+3].[Ir+3].[Ir+3].[Ir+3].[c-]1cccc2c1c1nccn1c1ccnn21.[c-]1cccc2c1c1nccn1c1cncn21.[c-]1cccc2c1c1nccn1c1nnnn21.[c-]1cccc2c1c1ncnn1c1nncn21.[c-]1cccc2c1c1ncnn1c1nnnn21. The van der Waals surface area contributed by atoms with Crippen LogP contribution in [0.15, 0.2) is 220 Å². The van der Waals surface area contributed by atoms with Crippen LogP contribution in [-0.4, -0.2) is 150 Å². The number of aromatic nitrogens is 31. The third kappa shape index (κ3) is 17.3.